The maximum absolute atomic E-state index is 13.6. The molecule has 0 bridgehead atoms. The molecule has 0 spiro atoms. The van der Waals surface area contributed by atoms with Crippen LogP contribution in [0.25, 0.3) is 0 Å². The van der Waals surface area contributed by atoms with Crippen LogP contribution in [0.4, 0.5) is 0 Å². The molecule has 2 N–H and O–H groups in total. The van der Waals surface area contributed by atoms with Crippen molar-refractivity contribution in [3.05, 3.63) is 153 Å². The molecule has 0 aliphatic heterocycles. The zero-order valence-electron chi connectivity index (χ0n) is 30.9. The van der Waals surface area contributed by atoms with Crippen LogP contribution in [0.2, 0.25) is 0 Å². The fourth-order valence-electron chi connectivity index (χ4n) is 7.80. The van der Waals surface area contributed by atoms with Gasteiger partial charge in [0.1, 0.15) is 28.6 Å². The van der Waals surface area contributed by atoms with Crippen LogP contribution < -0.4 is 9.47 Å². The summed E-state index contributed by atoms with van der Waals surface area (Å²) in [5.41, 5.74) is 1.84. The van der Waals surface area contributed by atoms with Crippen LogP contribution in [0.15, 0.2) is 103 Å². The highest BCUT2D eigenvalue weighted by Gasteiger charge is 2.28. The molecule has 0 atom stereocenters. The molecule has 5 aromatic rings. The van der Waals surface area contributed by atoms with Crippen LogP contribution in [0.3, 0.4) is 0 Å². The Morgan fingerprint density at radius 2 is 0.893 bits per heavy atom. The van der Waals surface area contributed by atoms with E-state index in [1.165, 1.54) is 98.2 Å². The van der Waals surface area contributed by atoms with Gasteiger partial charge in [0.2, 0.25) is 5.78 Å². The molecular formula is C47H42O9. The highest BCUT2D eigenvalue weighted by molar-refractivity contribution is 6.18. The molecule has 7 rings (SSSR count). The fraction of sp³-hybridized carbons (Fsp3) is 0.255. The van der Waals surface area contributed by atoms with E-state index in [2.05, 4.69) is 0 Å². The minimum absolute atomic E-state index is 0.0107. The van der Waals surface area contributed by atoms with E-state index in [1.54, 1.807) is 24.3 Å². The lowest BCUT2D eigenvalue weighted by Crippen LogP contribution is -2.11. The average molecular weight is 751 g/mol. The quantitative estimate of drug-likeness (QED) is 0.0583. The summed E-state index contributed by atoms with van der Waals surface area (Å²) in [7, 11) is 0. The molecule has 2 aliphatic carbocycles. The first-order valence-corrected chi connectivity index (χ1v) is 19.2. The number of aldehydes is 1. The number of carbonyl (C=O) groups excluding carboxylic acids is 5. The summed E-state index contributed by atoms with van der Waals surface area (Å²) >= 11 is 0. The normalized spacial score (nSPS) is 14.8. The summed E-state index contributed by atoms with van der Waals surface area (Å²) in [6, 6.07) is 27.0. The molecule has 2 saturated carbocycles. The zero-order chi connectivity index (χ0) is 39.2. The van der Waals surface area contributed by atoms with Crippen LogP contribution in [-0.2, 0) is 0 Å². The molecule has 0 radical (unpaired) electrons. The highest BCUT2D eigenvalue weighted by Crippen LogP contribution is 2.38. The van der Waals surface area contributed by atoms with Gasteiger partial charge < -0.3 is 19.7 Å². The molecule has 5 aromatic carbocycles. The van der Waals surface area contributed by atoms with Crippen molar-refractivity contribution >= 4 is 29.8 Å². The van der Waals surface area contributed by atoms with Gasteiger partial charge in [-0.3, -0.25) is 14.4 Å². The largest absolute Gasteiger partial charge is 0.506 e. The van der Waals surface area contributed by atoms with E-state index in [0.29, 0.717) is 23.0 Å². The van der Waals surface area contributed by atoms with Crippen molar-refractivity contribution in [1.29, 1.82) is 0 Å². The predicted octanol–water partition coefficient (Wildman–Crippen LogP) is 9.91. The number of hydrogen-bond acceptors (Lipinski definition) is 9. The van der Waals surface area contributed by atoms with Crippen molar-refractivity contribution < 1.29 is 43.7 Å². The van der Waals surface area contributed by atoms with Crippen LogP contribution >= 0.6 is 0 Å². The van der Waals surface area contributed by atoms with Crippen molar-refractivity contribution in [1.82, 2.24) is 0 Å². The van der Waals surface area contributed by atoms with E-state index in [-0.39, 0.29) is 34.5 Å². The monoisotopic (exact) mass is 750 g/mol. The van der Waals surface area contributed by atoms with Crippen molar-refractivity contribution in [2.24, 2.45) is 0 Å². The van der Waals surface area contributed by atoms with Gasteiger partial charge in [0.25, 0.3) is 0 Å². The Balaban J connectivity index is 1.02. The summed E-state index contributed by atoms with van der Waals surface area (Å²) in [5, 5.41) is 22.0. The molecule has 9 heteroatoms. The van der Waals surface area contributed by atoms with E-state index in [9.17, 15) is 34.2 Å². The summed E-state index contributed by atoms with van der Waals surface area (Å²) < 4.78 is 11.0. The van der Waals surface area contributed by atoms with Crippen LogP contribution in [0, 0.1) is 0 Å². The maximum Gasteiger partial charge on any atom is 0.343 e. The minimum atomic E-state index is -0.872. The van der Waals surface area contributed by atoms with Crippen molar-refractivity contribution in [2.75, 3.05) is 0 Å². The Hall–Kier alpha value is -6.35. The highest BCUT2D eigenvalue weighted by atomic mass is 16.5. The lowest BCUT2D eigenvalue weighted by atomic mass is 9.84. The van der Waals surface area contributed by atoms with Crippen molar-refractivity contribution in [3.8, 4) is 23.0 Å². The minimum Gasteiger partial charge on any atom is -0.506 e. The SMILES string of the molecule is O=Cc1cc(C(=O)c2ccc(OC(=O)c3ccc(C4CCCCC4)cc3)cc2)c(O)c(C(=O)c2ccc(OC(=O)c3ccc(C4CCCCC4)cc3)cc2)c1O. The smallest absolute Gasteiger partial charge is 0.343 e. The number of ether oxygens (including phenoxy) is 2. The Bertz CT molecular complexity index is 2240. The van der Waals surface area contributed by atoms with Crippen LogP contribution in [0.1, 0.15) is 150 Å². The number of carbonyl (C=O) groups is 5. The lowest BCUT2D eigenvalue weighted by molar-refractivity contribution is 0.0725. The number of phenolic OH excluding ortho intramolecular Hbond substituents is 2. The topological polar surface area (TPSA) is 144 Å². The molecule has 284 valence electrons. The van der Waals surface area contributed by atoms with Gasteiger partial charge in [-0.15, -0.1) is 0 Å². The van der Waals surface area contributed by atoms with E-state index in [0.717, 1.165) is 31.7 Å². The number of ketones is 2. The van der Waals surface area contributed by atoms with Gasteiger partial charge in [0, 0.05) is 11.1 Å². The molecule has 2 fully saturated rings. The number of benzene rings is 5. The van der Waals surface area contributed by atoms with Crippen LogP contribution in [-0.4, -0.2) is 40.0 Å². The van der Waals surface area contributed by atoms with Gasteiger partial charge in [-0.1, -0.05) is 62.8 Å². The molecule has 0 aromatic heterocycles. The Morgan fingerprint density at radius 3 is 1.30 bits per heavy atom. The van der Waals surface area contributed by atoms with E-state index in [4.69, 9.17) is 9.47 Å². The average Bonchev–Trinajstić information content (AvgIpc) is 3.25. The van der Waals surface area contributed by atoms with Gasteiger partial charge in [0.15, 0.2) is 12.1 Å². The number of esters is 2. The molecule has 9 nitrogen and oxygen atoms in total. The standard InChI is InChI=1S/C47H42O9/c48-28-37-27-40(42(49)33-19-23-38(24-20-33)55-46(53)35-15-11-31(12-16-35)29-7-3-1-4-8-29)45(52)41(44(37)51)43(50)34-21-25-39(26-22-34)56-47(54)36-17-13-32(14-18-36)30-9-5-2-6-10-30/h11-30,51-52H,1-10H2. The second kappa shape index (κ2) is 17.0. The molecule has 0 saturated heterocycles. The molecule has 2 aliphatic rings. The molecule has 0 heterocycles. The number of phenols is 2. The molecule has 0 amide bonds. The summed E-state index contributed by atoms with van der Waals surface area (Å²) in [4.78, 5) is 64.9. The third-order valence-electron chi connectivity index (χ3n) is 11.0. The van der Waals surface area contributed by atoms with Gasteiger partial charge >= 0.3 is 11.9 Å². The van der Waals surface area contributed by atoms with Gasteiger partial charge in [-0.25, -0.2) is 9.59 Å². The third kappa shape index (κ3) is 8.32. The van der Waals surface area contributed by atoms with Gasteiger partial charge in [-0.05, 0) is 128 Å². The van der Waals surface area contributed by atoms with E-state index >= 15 is 0 Å². The summed E-state index contributed by atoms with van der Waals surface area (Å²) in [6.45, 7) is 0. The number of rotatable bonds is 11. The second-order valence-electron chi connectivity index (χ2n) is 14.6. The number of aromatic hydroxyl groups is 2. The molecule has 56 heavy (non-hydrogen) atoms. The first-order valence-electron chi connectivity index (χ1n) is 19.2. The first-order chi connectivity index (χ1) is 27.2. The Morgan fingerprint density at radius 1 is 0.500 bits per heavy atom. The molecule has 0 unspecified atom stereocenters. The van der Waals surface area contributed by atoms with E-state index < -0.39 is 46.1 Å². The third-order valence-corrected chi connectivity index (χ3v) is 11.0. The Labute approximate surface area is 324 Å². The summed E-state index contributed by atoms with van der Waals surface area (Å²) in [5.74, 6) is -2.99. The van der Waals surface area contributed by atoms with Crippen LogP contribution in [0.5, 0.6) is 23.0 Å². The maximum atomic E-state index is 13.6. The molecular weight excluding hydrogens is 709 g/mol. The lowest BCUT2D eigenvalue weighted by Gasteiger charge is -2.21. The Kier molecular flexibility index (Phi) is 11.5. The summed E-state index contributed by atoms with van der Waals surface area (Å²) in [6.07, 6.45) is 12.2. The number of hydrogen-bond donors (Lipinski definition) is 2. The fourth-order valence-corrected chi connectivity index (χ4v) is 7.80. The van der Waals surface area contributed by atoms with Crippen molar-refractivity contribution in [2.45, 2.75) is 76.0 Å². The first kappa shape index (κ1) is 37.9. The zero-order valence-corrected chi connectivity index (χ0v) is 30.9. The predicted molar refractivity (Wildman–Crippen MR) is 209 cm³/mol. The second-order valence-corrected chi connectivity index (χ2v) is 14.6. The van der Waals surface area contributed by atoms with E-state index in [1.807, 2.05) is 24.3 Å². The van der Waals surface area contributed by atoms with Crippen molar-refractivity contribution in [3.63, 3.8) is 0 Å². The van der Waals surface area contributed by atoms with Gasteiger partial charge in [0.05, 0.1) is 22.3 Å². The van der Waals surface area contributed by atoms with Gasteiger partial charge in [-0.2, -0.15) is 0 Å².